The summed E-state index contributed by atoms with van der Waals surface area (Å²) in [5.41, 5.74) is 2.20. The van der Waals surface area contributed by atoms with E-state index in [1.54, 1.807) is 0 Å². The van der Waals surface area contributed by atoms with Gasteiger partial charge in [-0.1, -0.05) is 43.1 Å². The molecule has 57 valence electrons. The van der Waals surface area contributed by atoms with Crippen molar-refractivity contribution in [2.24, 2.45) is 0 Å². The van der Waals surface area contributed by atoms with Crippen LogP contribution in [0.1, 0.15) is 18.9 Å². The predicted molar refractivity (Wildman–Crippen MR) is 48.0 cm³/mol. The molecule has 1 rings (SSSR count). The highest BCUT2D eigenvalue weighted by Crippen LogP contribution is 1.99. The van der Waals surface area contributed by atoms with Crippen molar-refractivity contribution < 1.29 is 5.02 Å². The van der Waals surface area contributed by atoms with Crippen LogP contribution >= 0.6 is 0 Å². The van der Waals surface area contributed by atoms with Crippen molar-refractivity contribution in [1.29, 1.82) is 0 Å². The van der Waals surface area contributed by atoms with Gasteiger partial charge in [-0.3, -0.25) is 0 Å². The van der Waals surface area contributed by atoms with Crippen LogP contribution in [0, 0.1) is 0 Å². The van der Waals surface area contributed by atoms with Crippen molar-refractivity contribution in [3.8, 4) is 0 Å². The van der Waals surface area contributed by atoms with Gasteiger partial charge in [0.05, 0.1) is 0 Å². The Labute approximate surface area is 68.3 Å². The van der Waals surface area contributed by atoms with E-state index in [-0.39, 0.29) is 0 Å². The maximum atomic E-state index is 8.63. The van der Waals surface area contributed by atoms with Crippen molar-refractivity contribution in [3.05, 3.63) is 29.8 Å². The molecule has 1 aromatic rings. The van der Waals surface area contributed by atoms with Crippen molar-refractivity contribution in [3.63, 3.8) is 0 Å². The molecule has 0 saturated heterocycles. The summed E-state index contributed by atoms with van der Waals surface area (Å²) < 4.78 is 0. The van der Waals surface area contributed by atoms with Gasteiger partial charge in [-0.15, -0.1) is 0 Å². The second-order valence-corrected chi connectivity index (χ2v) is 2.62. The van der Waals surface area contributed by atoms with E-state index in [4.69, 9.17) is 5.02 Å². The zero-order valence-corrected chi connectivity index (χ0v) is 6.75. The van der Waals surface area contributed by atoms with Crippen LogP contribution in [0.15, 0.2) is 24.3 Å². The fourth-order valence-corrected chi connectivity index (χ4v) is 1.06. The van der Waals surface area contributed by atoms with Crippen LogP contribution in [0.25, 0.3) is 0 Å². The van der Waals surface area contributed by atoms with Gasteiger partial charge in [0, 0.05) is 0 Å². The second-order valence-electron chi connectivity index (χ2n) is 2.62. The Morgan fingerprint density at radius 3 is 2.36 bits per heavy atom. The minimum atomic E-state index is 0.866. The molecule has 0 amide bonds. The molecule has 0 aliphatic heterocycles. The van der Waals surface area contributed by atoms with Gasteiger partial charge in [0.15, 0.2) is 0 Å². The number of benzene rings is 1. The van der Waals surface area contributed by atoms with Crippen LogP contribution in [-0.4, -0.2) is 12.5 Å². The Morgan fingerprint density at radius 2 is 1.91 bits per heavy atom. The van der Waals surface area contributed by atoms with Crippen LogP contribution in [0.5, 0.6) is 0 Å². The zero-order valence-electron chi connectivity index (χ0n) is 6.75. The molecule has 11 heavy (non-hydrogen) atoms. The van der Waals surface area contributed by atoms with Gasteiger partial charge in [-0.2, -0.15) is 0 Å². The highest BCUT2D eigenvalue weighted by Gasteiger charge is 1.93. The van der Waals surface area contributed by atoms with Crippen molar-refractivity contribution in [2.45, 2.75) is 19.8 Å². The van der Waals surface area contributed by atoms with Gasteiger partial charge >= 0.3 is 7.48 Å². The van der Waals surface area contributed by atoms with E-state index < -0.39 is 0 Å². The van der Waals surface area contributed by atoms with Gasteiger partial charge in [-0.05, 0) is 12.0 Å². The molecule has 2 heteroatoms. The lowest BCUT2D eigenvalue weighted by Crippen LogP contribution is -2.12. The molecule has 1 N–H and O–H groups in total. The summed E-state index contributed by atoms with van der Waals surface area (Å²) >= 11 is 0. The largest absolute Gasteiger partial charge is 0.450 e. The van der Waals surface area contributed by atoms with Crippen LogP contribution < -0.4 is 5.46 Å². The van der Waals surface area contributed by atoms with Gasteiger partial charge in [-0.25, -0.2) is 0 Å². The molecule has 0 unspecified atom stereocenters. The van der Waals surface area contributed by atoms with E-state index in [1.165, 1.54) is 12.0 Å². The third-order valence-corrected chi connectivity index (χ3v) is 1.67. The molecule has 0 aromatic heterocycles. The molecule has 1 aromatic carbocycles. The van der Waals surface area contributed by atoms with Crippen molar-refractivity contribution >= 4 is 12.9 Å². The predicted octanol–water partition coefficient (Wildman–Crippen LogP) is 0.876. The van der Waals surface area contributed by atoms with Crippen LogP contribution in [-0.2, 0) is 6.42 Å². The quantitative estimate of drug-likeness (QED) is 0.629. The molecule has 1 nitrogen and oxygen atoms in total. The fraction of sp³-hybridized carbons (Fsp3) is 0.333. The molecule has 0 saturated carbocycles. The summed E-state index contributed by atoms with van der Waals surface area (Å²) in [6.45, 7) is 2.16. The summed E-state index contributed by atoms with van der Waals surface area (Å²) in [4.78, 5) is 0. The van der Waals surface area contributed by atoms with E-state index in [0.717, 1.165) is 19.4 Å². The van der Waals surface area contributed by atoms with E-state index >= 15 is 0 Å². The normalized spacial score (nSPS) is 9.64. The molecule has 1 radical (unpaired) electrons. The summed E-state index contributed by atoms with van der Waals surface area (Å²) in [6.07, 6.45) is 2.29. The van der Waals surface area contributed by atoms with E-state index in [0.29, 0.717) is 0 Å². The van der Waals surface area contributed by atoms with Crippen LogP contribution in [0.4, 0.5) is 0 Å². The monoisotopic (exact) mass is 147 g/mol. The van der Waals surface area contributed by atoms with Crippen LogP contribution in [0.2, 0.25) is 0 Å². The lowest BCUT2D eigenvalue weighted by molar-refractivity contribution is 0.615. The SMILES string of the molecule is CCCc1ccc([B]O)cc1. The Morgan fingerprint density at radius 1 is 1.27 bits per heavy atom. The molecular formula is C9H12BO. The first-order chi connectivity index (χ1) is 5.36. The van der Waals surface area contributed by atoms with Crippen molar-refractivity contribution in [2.75, 3.05) is 0 Å². The highest BCUT2D eigenvalue weighted by molar-refractivity contribution is 6.45. The smallest absolute Gasteiger partial charge is 0.326 e. The molecule has 0 fully saturated rings. The maximum Gasteiger partial charge on any atom is 0.326 e. The van der Waals surface area contributed by atoms with Gasteiger partial charge in [0.1, 0.15) is 0 Å². The number of hydrogen-bond acceptors (Lipinski definition) is 1. The number of rotatable bonds is 3. The average molecular weight is 147 g/mol. The molecule has 0 heterocycles. The summed E-state index contributed by atoms with van der Waals surface area (Å²) in [5.74, 6) is 0. The molecule has 0 aliphatic rings. The van der Waals surface area contributed by atoms with Crippen molar-refractivity contribution in [1.82, 2.24) is 0 Å². The standard InChI is InChI=1S/C9H12BO/c1-2-3-8-4-6-9(10-11)7-5-8/h4-7,11H,2-3H2,1H3. The van der Waals surface area contributed by atoms with E-state index in [9.17, 15) is 0 Å². The Balaban J connectivity index is 2.66. The molecule has 0 bridgehead atoms. The molecular weight excluding hydrogens is 135 g/mol. The highest BCUT2D eigenvalue weighted by atomic mass is 16.2. The van der Waals surface area contributed by atoms with E-state index in [1.807, 2.05) is 24.3 Å². The lowest BCUT2D eigenvalue weighted by atomic mass is 9.88. The topological polar surface area (TPSA) is 20.2 Å². The Bertz CT molecular complexity index is 205. The summed E-state index contributed by atoms with van der Waals surface area (Å²) in [7, 11) is 1.12. The molecule has 0 spiro atoms. The van der Waals surface area contributed by atoms with Gasteiger partial charge < -0.3 is 5.02 Å². The fourth-order valence-electron chi connectivity index (χ4n) is 1.06. The molecule has 0 aliphatic carbocycles. The minimum absolute atomic E-state index is 0.866. The van der Waals surface area contributed by atoms with Crippen LogP contribution in [0.3, 0.4) is 0 Å². The molecule has 0 atom stereocenters. The second kappa shape index (κ2) is 4.19. The maximum absolute atomic E-state index is 8.63. The Hall–Kier alpha value is -0.755. The Kier molecular flexibility index (Phi) is 3.18. The van der Waals surface area contributed by atoms with Gasteiger partial charge in [0.25, 0.3) is 0 Å². The first kappa shape index (κ1) is 8.34. The first-order valence-corrected chi connectivity index (χ1v) is 3.93. The minimum Gasteiger partial charge on any atom is -0.450 e. The summed E-state index contributed by atoms with van der Waals surface area (Å²) in [6, 6.07) is 7.94. The first-order valence-electron chi connectivity index (χ1n) is 3.93. The third kappa shape index (κ3) is 2.39. The summed E-state index contributed by atoms with van der Waals surface area (Å²) in [5, 5.41) is 8.63. The average Bonchev–Trinajstić information content (AvgIpc) is 2.07. The number of hydrogen-bond donors (Lipinski definition) is 1. The zero-order chi connectivity index (χ0) is 8.10. The third-order valence-electron chi connectivity index (χ3n) is 1.67. The number of aryl methyl sites for hydroxylation is 1. The van der Waals surface area contributed by atoms with Gasteiger partial charge in [0.2, 0.25) is 0 Å². The van der Waals surface area contributed by atoms with E-state index in [2.05, 4.69) is 6.92 Å². The lowest BCUT2D eigenvalue weighted by Gasteiger charge is -1.98.